The van der Waals surface area contributed by atoms with Gasteiger partial charge in [0.1, 0.15) is 17.4 Å². The Balaban J connectivity index is 1.45. The minimum Gasteiger partial charge on any atom is -0.361 e. The van der Waals surface area contributed by atoms with Gasteiger partial charge in [0, 0.05) is 24.7 Å². The molecule has 1 fully saturated rings. The molecule has 0 spiro atoms. The number of likely N-dealkylation sites (tertiary alicyclic amines) is 1. The summed E-state index contributed by atoms with van der Waals surface area (Å²) in [6.07, 6.45) is 2.05. The summed E-state index contributed by atoms with van der Waals surface area (Å²) >= 11 is 0. The number of fused-ring (bicyclic) bond motifs is 1. The van der Waals surface area contributed by atoms with E-state index in [1.54, 1.807) is 4.57 Å². The molecule has 0 aliphatic carbocycles. The molecule has 1 aromatic carbocycles. The summed E-state index contributed by atoms with van der Waals surface area (Å²) in [7, 11) is 0. The first-order valence-electron chi connectivity index (χ1n) is 9.73. The lowest BCUT2D eigenvalue weighted by Gasteiger charge is -2.32. The van der Waals surface area contributed by atoms with Crippen LogP contribution < -0.4 is 5.56 Å². The molecule has 3 heterocycles. The molecule has 1 aliphatic rings. The zero-order valence-electron chi connectivity index (χ0n) is 16.5. The zero-order valence-corrected chi connectivity index (χ0v) is 16.5. The van der Waals surface area contributed by atoms with E-state index in [1.165, 1.54) is 23.8 Å². The summed E-state index contributed by atoms with van der Waals surface area (Å²) in [6, 6.07) is 4.17. The number of halogens is 1. The molecule has 1 aliphatic heterocycles. The number of aryl methyl sites for hydroxylation is 3. The number of hydrogen-bond donors (Lipinski definition) is 0. The SMILES string of the molecule is Cc1noc(C)c1CN1CCC(Cn2c(C)nc3cc(F)ccc3c2=O)CC1. The van der Waals surface area contributed by atoms with Crippen LogP contribution in [0.1, 0.15) is 35.7 Å². The van der Waals surface area contributed by atoms with Crippen molar-refractivity contribution in [2.75, 3.05) is 13.1 Å². The fraction of sp³-hybridized carbons (Fsp3) is 0.476. The second kappa shape index (κ2) is 7.47. The van der Waals surface area contributed by atoms with Gasteiger partial charge in [-0.1, -0.05) is 5.16 Å². The molecule has 148 valence electrons. The third-order valence-electron chi connectivity index (χ3n) is 5.82. The molecule has 6 nitrogen and oxygen atoms in total. The van der Waals surface area contributed by atoms with Crippen LogP contribution >= 0.6 is 0 Å². The van der Waals surface area contributed by atoms with Crippen molar-refractivity contribution in [3.8, 4) is 0 Å². The van der Waals surface area contributed by atoms with E-state index in [4.69, 9.17) is 4.52 Å². The average molecular weight is 384 g/mol. The first kappa shape index (κ1) is 18.8. The highest BCUT2D eigenvalue weighted by Gasteiger charge is 2.23. The predicted molar refractivity (Wildman–Crippen MR) is 105 cm³/mol. The molecule has 28 heavy (non-hydrogen) atoms. The summed E-state index contributed by atoms with van der Waals surface area (Å²) < 4.78 is 20.4. The summed E-state index contributed by atoms with van der Waals surface area (Å²) in [5.74, 6) is 1.58. The Labute approximate surface area is 163 Å². The van der Waals surface area contributed by atoms with E-state index in [2.05, 4.69) is 15.0 Å². The standard InChI is InChI=1S/C21H25FN4O2/c1-13-19(14(2)28-24-13)12-25-8-6-16(7-9-25)11-26-15(3)23-20-10-17(22)4-5-18(20)21(26)27/h4-5,10,16H,6-9,11-12H2,1-3H3. The van der Waals surface area contributed by atoms with Crippen LogP contribution in [0.15, 0.2) is 27.5 Å². The highest BCUT2D eigenvalue weighted by Crippen LogP contribution is 2.23. The molecule has 2 aromatic heterocycles. The average Bonchev–Trinajstić information content (AvgIpc) is 2.98. The van der Waals surface area contributed by atoms with Crippen LogP contribution in [0.4, 0.5) is 4.39 Å². The maximum Gasteiger partial charge on any atom is 0.261 e. The van der Waals surface area contributed by atoms with Gasteiger partial charge in [0.25, 0.3) is 5.56 Å². The normalized spacial score (nSPS) is 16.1. The molecule has 0 bridgehead atoms. The molecular weight excluding hydrogens is 359 g/mol. The van der Waals surface area contributed by atoms with Crippen molar-refractivity contribution in [3.05, 3.63) is 57.2 Å². The Hall–Kier alpha value is -2.54. The molecule has 3 aromatic rings. The molecule has 4 rings (SSSR count). The van der Waals surface area contributed by atoms with Crippen LogP contribution in [0.2, 0.25) is 0 Å². The number of piperidine rings is 1. The summed E-state index contributed by atoms with van der Waals surface area (Å²) in [5, 5.41) is 4.51. The quantitative estimate of drug-likeness (QED) is 0.690. The van der Waals surface area contributed by atoms with Crippen LogP contribution in [0.25, 0.3) is 10.9 Å². The first-order valence-corrected chi connectivity index (χ1v) is 9.73. The van der Waals surface area contributed by atoms with Crippen LogP contribution in [0, 0.1) is 32.5 Å². The lowest BCUT2D eigenvalue weighted by molar-refractivity contribution is 0.165. The van der Waals surface area contributed by atoms with Crippen molar-refractivity contribution in [2.24, 2.45) is 5.92 Å². The molecule has 0 saturated carbocycles. The minimum atomic E-state index is -0.373. The Morgan fingerprint density at radius 3 is 2.64 bits per heavy atom. The molecule has 7 heteroatoms. The van der Waals surface area contributed by atoms with Gasteiger partial charge >= 0.3 is 0 Å². The highest BCUT2D eigenvalue weighted by atomic mass is 19.1. The Kier molecular flexibility index (Phi) is 5.02. The van der Waals surface area contributed by atoms with Gasteiger partial charge in [0.05, 0.1) is 16.6 Å². The number of aromatic nitrogens is 3. The molecule has 0 N–H and O–H groups in total. The van der Waals surface area contributed by atoms with Crippen LogP contribution in [-0.2, 0) is 13.1 Å². The molecule has 0 radical (unpaired) electrons. The van der Waals surface area contributed by atoms with E-state index in [0.717, 1.165) is 43.9 Å². The highest BCUT2D eigenvalue weighted by molar-refractivity contribution is 5.77. The second-order valence-electron chi connectivity index (χ2n) is 7.76. The lowest BCUT2D eigenvalue weighted by atomic mass is 9.96. The van der Waals surface area contributed by atoms with Gasteiger partial charge in [0.15, 0.2) is 0 Å². The summed E-state index contributed by atoms with van der Waals surface area (Å²) in [4.78, 5) is 19.7. The number of benzene rings is 1. The topological polar surface area (TPSA) is 64.2 Å². The number of hydrogen-bond acceptors (Lipinski definition) is 5. The van der Waals surface area contributed by atoms with Crippen molar-refractivity contribution < 1.29 is 8.91 Å². The second-order valence-corrected chi connectivity index (χ2v) is 7.76. The fourth-order valence-electron chi connectivity index (χ4n) is 4.06. The first-order chi connectivity index (χ1) is 13.4. The van der Waals surface area contributed by atoms with Crippen molar-refractivity contribution in [2.45, 2.75) is 46.7 Å². The van der Waals surface area contributed by atoms with E-state index in [1.807, 2.05) is 20.8 Å². The monoisotopic (exact) mass is 384 g/mol. The zero-order chi connectivity index (χ0) is 19.8. The third kappa shape index (κ3) is 3.58. The van der Waals surface area contributed by atoms with Crippen molar-refractivity contribution in [1.29, 1.82) is 0 Å². The third-order valence-corrected chi connectivity index (χ3v) is 5.82. The van der Waals surface area contributed by atoms with E-state index in [0.29, 0.717) is 29.2 Å². The molecule has 0 amide bonds. The van der Waals surface area contributed by atoms with E-state index in [9.17, 15) is 9.18 Å². The predicted octanol–water partition coefficient (Wildman–Crippen LogP) is 3.36. The van der Waals surface area contributed by atoms with Crippen molar-refractivity contribution in [3.63, 3.8) is 0 Å². The molecule has 0 atom stereocenters. The van der Waals surface area contributed by atoms with Crippen LogP contribution in [0.3, 0.4) is 0 Å². The smallest absolute Gasteiger partial charge is 0.261 e. The fourth-order valence-corrected chi connectivity index (χ4v) is 4.06. The number of rotatable bonds is 4. The van der Waals surface area contributed by atoms with E-state index >= 15 is 0 Å². The molecular formula is C21H25FN4O2. The van der Waals surface area contributed by atoms with E-state index in [-0.39, 0.29) is 11.4 Å². The van der Waals surface area contributed by atoms with Gasteiger partial charge in [0.2, 0.25) is 0 Å². The number of nitrogens with zero attached hydrogens (tertiary/aromatic N) is 4. The maximum absolute atomic E-state index is 13.4. The van der Waals surface area contributed by atoms with Crippen molar-refractivity contribution in [1.82, 2.24) is 19.6 Å². The van der Waals surface area contributed by atoms with Gasteiger partial charge < -0.3 is 4.52 Å². The van der Waals surface area contributed by atoms with Gasteiger partial charge in [-0.05, 0) is 64.8 Å². The Bertz CT molecular complexity index is 1040. The molecule has 0 unspecified atom stereocenters. The Morgan fingerprint density at radius 2 is 1.96 bits per heavy atom. The Morgan fingerprint density at radius 1 is 1.21 bits per heavy atom. The van der Waals surface area contributed by atoms with Crippen LogP contribution in [0.5, 0.6) is 0 Å². The van der Waals surface area contributed by atoms with Gasteiger partial charge in [-0.15, -0.1) is 0 Å². The van der Waals surface area contributed by atoms with Gasteiger partial charge in [-0.3, -0.25) is 14.3 Å². The maximum atomic E-state index is 13.4. The van der Waals surface area contributed by atoms with Gasteiger partial charge in [-0.25, -0.2) is 9.37 Å². The minimum absolute atomic E-state index is 0.0827. The largest absolute Gasteiger partial charge is 0.361 e. The van der Waals surface area contributed by atoms with Crippen LogP contribution in [-0.4, -0.2) is 32.7 Å². The summed E-state index contributed by atoms with van der Waals surface area (Å²) in [5.41, 5.74) is 2.48. The van der Waals surface area contributed by atoms with Gasteiger partial charge in [-0.2, -0.15) is 0 Å². The van der Waals surface area contributed by atoms with Crippen molar-refractivity contribution >= 4 is 10.9 Å². The lowest BCUT2D eigenvalue weighted by Crippen LogP contribution is -2.36. The molecule has 1 saturated heterocycles. The van der Waals surface area contributed by atoms with E-state index < -0.39 is 0 Å². The summed E-state index contributed by atoms with van der Waals surface area (Å²) in [6.45, 7) is 9.23.